The van der Waals surface area contributed by atoms with Crippen molar-refractivity contribution in [3.05, 3.63) is 17.0 Å². The maximum Gasteiger partial charge on any atom is 0.223 e. The molecule has 0 atom stereocenters. The summed E-state index contributed by atoms with van der Waals surface area (Å²) in [6.07, 6.45) is 1.52. The number of aromatic nitrogens is 2. The Morgan fingerprint density at radius 2 is 2.06 bits per heavy atom. The first-order valence-corrected chi connectivity index (χ1v) is 6.27. The minimum atomic E-state index is 0.0645. The Morgan fingerprint density at radius 1 is 1.33 bits per heavy atom. The van der Waals surface area contributed by atoms with Gasteiger partial charge in [-0.1, -0.05) is 0 Å². The Bertz CT molecular complexity index is 491. The van der Waals surface area contributed by atoms with Crippen molar-refractivity contribution in [3.63, 3.8) is 0 Å². The second-order valence-electron chi connectivity index (χ2n) is 4.90. The number of rotatable bonds is 3. The normalized spacial score (nSPS) is 14.5. The van der Waals surface area contributed by atoms with Crippen molar-refractivity contribution in [3.8, 4) is 0 Å². The lowest BCUT2D eigenvalue weighted by molar-refractivity contribution is -0.133. The Morgan fingerprint density at radius 3 is 2.72 bits per heavy atom. The van der Waals surface area contributed by atoms with Gasteiger partial charge in [-0.15, -0.1) is 0 Å². The third-order valence-electron chi connectivity index (χ3n) is 3.49. The van der Waals surface area contributed by atoms with Gasteiger partial charge in [0, 0.05) is 26.4 Å². The van der Waals surface area contributed by atoms with Crippen LogP contribution in [0.3, 0.4) is 0 Å². The van der Waals surface area contributed by atoms with E-state index < -0.39 is 0 Å². The van der Waals surface area contributed by atoms with Crippen LogP contribution in [0.5, 0.6) is 0 Å². The van der Waals surface area contributed by atoms with Crippen LogP contribution in [0.1, 0.15) is 36.7 Å². The molecular formula is C13H19N3O2. The molecule has 1 aromatic heterocycles. The number of aryl methyl sites for hydroxylation is 2. The molecule has 0 bridgehead atoms. The number of nitrogens with zero attached hydrogens (tertiary/aromatic N) is 3. The van der Waals surface area contributed by atoms with E-state index in [0.717, 1.165) is 24.4 Å². The third-order valence-corrected chi connectivity index (χ3v) is 3.49. The number of carbonyl (C=O) groups excluding carboxylic acids is 2. The van der Waals surface area contributed by atoms with E-state index in [1.165, 1.54) is 12.5 Å². The number of hydrogen-bond donors (Lipinski definition) is 0. The molecule has 98 valence electrons. The topological polar surface area (TPSA) is 55.2 Å². The van der Waals surface area contributed by atoms with Crippen molar-refractivity contribution in [1.29, 1.82) is 0 Å². The zero-order valence-electron chi connectivity index (χ0n) is 11.2. The first kappa shape index (κ1) is 12.8. The van der Waals surface area contributed by atoms with Gasteiger partial charge in [0.05, 0.1) is 17.9 Å². The largest absolute Gasteiger partial charge is 0.336 e. The van der Waals surface area contributed by atoms with E-state index in [1.807, 2.05) is 23.6 Å². The molecular weight excluding hydrogens is 230 g/mol. The van der Waals surface area contributed by atoms with Gasteiger partial charge < -0.3 is 9.69 Å². The zero-order valence-corrected chi connectivity index (χ0v) is 11.2. The minimum absolute atomic E-state index is 0.0645. The molecule has 2 rings (SSSR count). The minimum Gasteiger partial charge on any atom is -0.336 e. The molecule has 18 heavy (non-hydrogen) atoms. The molecule has 0 fully saturated rings. The molecule has 2 heterocycles. The molecule has 0 N–H and O–H groups in total. The smallest absolute Gasteiger partial charge is 0.223 e. The predicted molar refractivity (Wildman–Crippen MR) is 67.0 cm³/mol. The fourth-order valence-corrected chi connectivity index (χ4v) is 2.43. The van der Waals surface area contributed by atoms with Gasteiger partial charge in [0.25, 0.3) is 0 Å². The van der Waals surface area contributed by atoms with Crippen molar-refractivity contribution in [1.82, 2.24) is 14.7 Å². The van der Waals surface area contributed by atoms with Crippen LogP contribution in [-0.4, -0.2) is 32.9 Å². The maximum absolute atomic E-state index is 12.0. The molecule has 0 radical (unpaired) electrons. The quantitative estimate of drug-likeness (QED) is 0.802. The number of ketones is 1. The average Bonchev–Trinajstić information content (AvgIpc) is 2.61. The number of Topliss-reactive ketones (excluding diaryl/α,β-unsaturated/α-hetero) is 1. The van der Waals surface area contributed by atoms with Gasteiger partial charge in [0.2, 0.25) is 5.91 Å². The summed E-state index contributed by atoms with van der Waals surface area (Å²) in [6, 6.07) is 0. The Balaban J connectivity index is 2.05. The van der Waals surface area contributed by atoms with Gasteiger partial charge in [-0.05, 0) is 25.8 Å². The van der Waals surface area contributed by atoms with E-state index in [4.69, 9.17) is 0 Å². The molecule has 0 saturated heterocycles. The molecule has 5 nitrogen and oxygen atoms in total. The molecule has 0 aromatic carbocycles. The third kappa shape index (κ3) is 2.44. The van der Waals surface area contributed by atoms with E-state index in [9.17, 15) is 9.59 Å². The first-order valence-electron chi connectivity index (χ1n) is 6.27. The summed E-state index contributed by atoms with van der Waals surface area (Å²) in [5, 5.41) is 4.39. The van der Waals surface area contributed by atoms with Crippen molar-refractivity contribution in [2.24, 2.45) is 7.05 Å². The van der Waals surface area contributed by atoms with Crippen molar-refractivity contribution < 1.29 is 9.59 Å². The second-order valence-corrected chi connectivity index (χ2v) is 4.90. The Hall–Kier alpha value is -1.65. The standard InChI is InChI=1S/C13H19N3O2/c1-9(17)4-5-13(18)16-7-6-11-10(2)14-15(3)12(11)8-16/h4-8H2,1-3H3. The predicted octanol–water partition coefficient (Wildman–Crippen LogP) is 0.982. The lowest BCUT2D eigenvalue weighted by atomic mass is 10.0. The summed E-state index contributed by atoms with van der Waals surface area (Å²) in [7, 11) is 1.91. The van der Waals surface area contributed by atoms with Gasteiger partial charge in [0.1, 0.15) is 5.78 Å². The van der Waals surface area contributed by atoms with Crippen LogP contribution in [-0.2, 0) is 29.6 Å². The fraction of sp³-hybridized carbons (Fsp3) is 0.615. The number of amides is 1. The molecule has 1 aliphatic heterocycles. The Kier molecular flexibility index (Phi) is 3.50. The summed E-state index contributed by atoms with van der Waals surface area (Å²) >= 11 is 0. The lowest BCUT2D eigenvalue weighted by Gasteiger charge is -2.27. The summed E-state index contributed by atoms with van der Waals surface area (Å²) in [5.41, 5.74) is 3.45. The second kappa shape index (κ2) is 4.92. The van der Waals surface area contributed by atoms with Gasteiger partial charge in [0.15, 0.2) is 0 Å². The highest BCUT2D eigenvalue weighted by molar-refractivity contribution is 5.83. The van der Waals surface area contributed by atoms with Crippen molar-refractivity contribution >= 4 is 11.7 Å². The molecule has 1 amide bonds. The van der Waals surface area contributed by atoms with Gasteiger partial charge in [-0.2, -0.15) is 5.10 Å². The van der Waals surface area contributed by atoms with Gasteiger partial charge in [-0.3, -0.25) is 9.48 Å². The summed E-state index contributed by atoms with van der Waals surface area (Å²) in [4.78, 5) is 24.7. The van der Waals surface area contributed by atoms with Gasteiger partial charge >= 0.3 is 0 Å². The van der Waals surface area contributed by atoms with E-state index in [1.54, 1.807) is 0 Å². The maximum atomic E-state index is 12.0. The summed E-state index contributed by atoms with van der Waals surface area (Å²) < 4.78 is 1.86. The fourth-order valence-electron chi connectivity index (χ4n) is 2.43. The van der Waals surface area contributed by atoms with Gasteiger partial charge in [-0.25, -0.2) is 0 Å². The van der Waals surface area contributed by atoms with Crippen LogP contribution < -0.4 is 0 Å². The number of carbonyl (C=O) groups is 2. The number of hydrogen-bond acceptors (Lipinski definition) is 3. The van der Waals surface area contributed by atoms with Crippen molar-refractivity contribution in [2.75, 3.05) is 6.54 Å². The summed E-state index contributed by atoms with van der Waals surface area (Å²) in [6.45, 7) is 4.87. The SMILES string of the molecule is CC(=O)CCC(=O)N1CCc2c(C)nn(C)c2C1. The van der Waals surface area contributed by atoms with E-state index in [2.05, 4.69) is 5.10 Å². The Labute approximate surface area is 107 Å². The van der Waals surface area contributed by atoms with Crippen molar-refractivity contribution in [2.45, 2.75) is 39.7 Å². The van der Waals surface area contributed by atoms with Crippen LogP contribution in [0.4, 0.5) is 0 Å². The summed E-state index contributed by atoms with van der Waals surface area (Å²) in [5.74, 6) is 0.132. The number of fused-ring (bicyclic) bond motifs is 1. The van der Waals surface area contributed by atoms with Crippen LogP contribution in [0, 0.1) is 6.92 Å². The molecule has 0 aliphatic carbocycles. The molecule has 0 saturated carbocycles. The lowest BCUT2D eigenvalue weighted by Crippen LogP contribution is -2.36. The molecule has 0 spiro atoms. The highest BCUT2D eigenvalue weighted by atomic mass is 16.2. The highest BCUT2D eigenvalue weighted by Crippen LogP contribution is 2.21. The van der Waals surface area contributed by atoms with Crippen LogP contribution in [0.15, 0.2) is 0 Å². The average molecular weight is 249 g/mol. The molecule has 1 aliphatic rings. The van der Waals surface area contributed by atoms with E-state index >= 15 is 0 Å². The van der Waals surface area contributed by atoms with Crippen LogP contribution in [0.2, 0.25) is 0 Å². The van der Waals surface area contributed by atoms with Crippen LogP contribution >= 0.6 is 0 Å². The first-order chi connectivity index (χ1) is 8.49. The molecule has 0 unspecified atom stereocenters. The molecule has 1 aromatic rings. The zero-order chi connectivity index (χ0) is 13.3. The van der Waals surface area contributed by atoms with E-state index in [-0.39, 0.29) is 11.7 Å². The highest BCUT2D eigenvalue weighted by Gasteiger charge is 2.24. The van der Waals surface area contributed by atoms with Crippen LogP contribution in [0.25, 0.3) is 0 Å². The molecule has 5 heteroatoms. The monoisotopic (exact) mass is 249 g/mol. The van der Waals surface area contributed by atoms with E-state index in [0.29, 0.717) is 19.4 Å².